The van der Waals surface area contributed by atoms with Gasteiger partial charge in [0.05, 0.1) is 10.6 Å². The van der Waals surface area contributed by atoms with Gasteiger partial charge in [0, 0.05) is 18.8 Å². The maximum Gasteiger partial charge on any atom is 0.417 e. The first-order valence-electron chi connectivity index (χ1n) is 5.17. The fourth-order valence-corrected chi connectivity index (χ4v) is 1.89. The molecule has 1 atom stereocenters. The molecule has 18 heavy (non-hydrogen) atoms. The van der Waals surface area contributed by atoms with E-state index in [0.29, 0.717) is 5.82 Å². The highest BCUT2D eigenvalue weighted by molar-refractivity contribution is 6.33. The van der Waals surface area contributed by atoms with E-state index in [1.807, 2.05) is 0 Å². The molecule has 3 nitrogen and oxygen atoms in total. The van der Waals surface area contributed by atoms with Crippen molar-refractivity contribution in [2.75, 3.05) is 18.4 Å². The first-order valence-corrected chi connectivity index (χ1v) is 5.54. The van der Waals surface area contributed by atoms with E-state index in [1.54, 1.807) is 0 Å². The van der Waals surface area contributed by atoms with Crippen molar-refractivity contribution < 1.29 is 13.2 Å². The van der Waals surface area contributed by atoms with E-state index in [2.05, 4.69) is 15.6 Å². The van der Waals surface area contributed by atoms with Crippen LogP contribution in [0.3, 0.4) is 0 Å². The van der Waals surface area contributed by atoms with Crippen LogP contribution in [-0.4, -0.2) is 24.1 Å². The van der Waals surface area contributed by atoms with Crippen molar-refractivity contribution in [2.45, 2.75) is 18.6 Å². The van der Waals surface area contributed by atoms with Gasteiger partial charge in [0.1, 0.15) is 5.82 Å². The average Bonchev–Trinajstić information content (AvgIpc) is 2.72. The molecule has 1 aliphatic heterocycles. The number of rotatable bonds is 2. The fourth-order valence-electron chi connectivity index (χ4n) is 1.67. The van der Waals surface area contributed by atoms with Crippen LogP contribution in [0.5, 0.6) is 0 Å². The smallest absolute Gasteiger partial charge is 0.365 e. The van der Waals surface area contributed by atoms with Gasteiger partial charge in [-0.1, -0.05) is 11.6 Å². The van der Waals surface area contributed by atoms with Crippen LogP contribution in [0, 0.1) is 0 Å². The number of alkyl halides is 3. The van der Waals surface area contributed by atoms with Crippen LogP contribution in [0.25, 0.3) is 0 Å². The molecular weight excluding hydrogens is 290 g/mol. The second-order valence-corrected chi connectivity index (χ2v) is 4.29. The Balaban J connectivity index is 0.00000162. The Kier molecular flexibility index (Phi) is 5.07. The normalized spacial score (nSPS) is 19.4. The summed E-state index contributed by atoms with van der Waals surface area (Å²) in [4.78, 5) is 3.72. The molecule has 102 valence electrons. The minimum absolute atomic E-state index is 0. The van der Waals surface area contributed by atoms with Crippen LogP contribution in [0.15, 0.2) is 12.3 Å². The number of pyridine rings is 1. The molecule has 1 aromatic rings. The molecule has 1 aliphatic rings. The maximum atomic E-state index is 12.4. The maximum absolute atomic E-state index is 12.4. The molecule has 2 heterocycles. The highest BCUT2D eigenvalue weighted by Crippen LogP contribution is 2.32. The van der Waals surface area contributed by atoms with Gasteiger partial charge in [0.15, 0.2) is 0 Å². The first kappa shape index (κ1) is 15.3. The molecule has 2 N–H and O–H groups in total. The van der Waals surface area contributed by atoms with Gasteiger partial charge in [0.2, 0.25) is 0 Å². The van der Waals surface area contributed by atoms with Crippen molar-refractivity contribution in [1.29, 1.82) is 0 Å². The van der Waals surface area contributed by atoms with Crippen LogP contribution in [0.2, 0.25) is 5.02 Å². The fraction of sp³-hybridized carbons (Fsp3) is 0.500. The highest BCUT2D eigenvalue weighted by Gasteiger charge is 2.31. The van der Waals surface area contributed by atoms with Gasteiger partial charge in [-0.3, -0.25) is 0 Å². The molecule has 0 amide bonds. The van der Waals surface area contributed by atoms with E-state index in [1.165, 1.54) is 0 Å². The van der Waals surface area contributed by atoms with E-state index in [9.17, 15) is 13.2 Å². The Bertz CT molecular complexity index is 406. The summed E-state index contributed by atoms with van der Waals surface area (Å²) in [5.74, 6) is 0.299. The Morgan fingerprint density at radius 1 is 1.44 bits per heavy atom. The number of anilines is 1. The lowest BCUT2D eigenvalue weighted by atomic mass is 10.2. The van der Waals surface area contributed by atoms with Crippen molar-refractivity contribution in [3.05, 3.63) is 22.8 Å². The minimum atomic E-state index is -4.41. The average molecular weight is 302 g/mol. The molecule has 1 saturated heterocycles. The lowest BCUT2D eigenvalue weighted by Gasteiger charge is -2.14. The van der Waals surface area contributed by atoms with Gasteiger partial charge >= 0.3 is 6.18 Å². The van der Waals surface area contributed by atoms with Crippen LogP contribution in [-0.2, 0) is 6.18 Å². The lowest BCUT2D eigenvalue weighted by molar-refractivity contribution is -0.137. The van der Waals surface area contributed by atoms with Crippen LogP contribution >= 0.6 is 24.0 Å². The Morgan fingerprint density at radius 2 is 2.17 bits per heavy atom. The summed E-state index contributed by atoms with van der Waals surface area (Å²) in [6.45, 7) is 1.65. The van der Waals surface area contributed by atoms with Gasteiger partial charge < -0.3 is 10.6 Å². The zero-order valence-corrected chi connectivity index (χ0v) is 10.8. The van der Waals surface area contributed by atoms with E-state index < -0.39 is 11.7 Å². The van der Waals surface area contributed by atoms with Crippen molar-refractivity contribution in [2.24, 2.45) is 0 Å². The SMILES string of the molecule is Cl.FC(F)(F)c1cnc(N[C@@H]2CCNC2)c(Cl)c1. The zero-order valence-electron chi connectivity index (χ0n) is 9.22. The molecule has 8 heteroatoms. The summed E-state index contributed by atoms with van der Waals surface area (Å²) in [7, 11) is 0. The lowest BCUT2D eigenvalue weighted by Crippen LogP contribution is -2.23. The Morgan fingerprint density at radius 3 is 2.67 bits per heavy atom. The third-order valence-corrected chi connectivity index (χ3v) is 2.86. The summed E-state index contributed by atoms with van der Waals surface area (Å²) < 4.78 is 37.1. The first-order chi connectivity index (χ1) is 7.97. The molecular formula is C10H12Cl2F3N3. The van der Waals surface area contributed by atoms with E-state index in [4.69, 9.17) is 11.6 Å². The molecule has 0 aliphatic carbocycles. The number of nitrogens with zero attached hydrogens (tertiary/aromatic N) is 1. The summed E-state index contributed by atoms with van der Waals surface area (Å²) in [5.41, 5.74) is -0.836. The second-order valence-electron chi connectivity index (χ2n) is 3.89. The quantitative estimate of drug-likeness (QED) is 0.882. The van der Waals surface area contributed by atoms with Crippen molar-refractivity contribution >= 4 is 29.8 Å². The summed E-state index contributed by atoms with van der Waals surface area (Å²) in [6.07, 6.45) is -2.72. The third kappa shape index (κ3) is 3.63. The standard InChI is InChI=1S/C10H11ClF3N3.ClH/c11-8-3-6(10(12,13)14)4-16-9(8)17-7-1-2-15-5-7;/h3-4,7,15H,1-2,5H2,(H,16,17);1H/t7-;/m1./s1. The van der Waals surface area contributed by atoms with Gasteiger partial charge in [-0.2, -0.15) is 13.2 Å². The molecule has 0 spiro atoms. The van der Waals surface area contributed by atoms with Crippen molar-refractivity contribution in [3.8, 4) is 0 Å². The highest BCUT2D eigenvalue weighted by atomic mass is 35.5. The molecule has 0 radical (unpaired) electrons. The van der Waals surface area contributed by atoms with Gasteiger partial charge in [-0.05, 0) is 19.0 Å². The predicted octanol–water partition coefficient (Wildman–Crippen LogP) is 2.95. The monoisotopic (exact) mass is 301 g/mol. The largest absolute Gasteiger partial charge is 0.417 e. The van der Waals surface area contributed by atoms with Crippen molar-refractivity contribution in [1.82, 2.24) is 10.3 Å². The van der Waals surface area contributed by atoms with Gasteiger partial charge in [0.25, 0.3) is 0 Å². The van der Waals surface area contributed by atoms with Crippen LogP contribution in [0.4, 0.5) is 19.0 Å². The second kappa shape index (κ2) is 5.95. The molecule has 0 aromatic carbocycles. The number of nitrogens with one attached hydrogen (secondary N) is 2. The van der Waals surface area contributed by atoms with E-state index >= 15 is 0 Å². The summed E-state index contributed by atoms with van der Waals surface area (Å²) >= 11 is 5.77. The summed E-state index contributed by atoms with van der Waals surface area (Å²) in [6, 6.07) is 1.05. The molecule has 1 aromatic heterocycles. The van der Waals surface area contributed by atoms with E-state index in [-0.39, 0.29) is 23.5 Å². The molecule has 1 fully saturated rings. The molecule has 0 bridgehead atoms. The third-order valence-electron chi connectivity index (χ3n) is 2.57. The number of hydrogen-bond acceptors (Lipinski definition) is 3. The summed E-state index contributed by atoms with van der Waals surface area (Å²) in [5, 5.41) is 6.14. The number of hydrogen-bond donors (Lipinski definition) is 2. The molecule has 0 saturated carbocycles. The van der Waals surface area contributed by atoms with Gasteiger partial charge in [-0.15, -0.1) is 12.4 Å². The zero-order chi connectivity index (χ0) is 12.5. The Labute approximate surface area is 114 Å². The van der Waals surface area contributed by atoms with Crippen LogP contribution in [0.1, 0.15) is 12.0 Å². The number of aromatic nitrogens is 1. The van der Waals surface area contributed by atoms with E-state index in [0.717, 1.165) is 31.8 Å². The minimum Gasteiger partial charge on any atom is -0.365 e. The Hall–Kier alpha value is -0.720. The van der Waals surface area contributed by atoms with Gasteiger partial charge in [-0.25, -0.2) is 4.98 Å². The molecule has 0 unspecified atom stereocenters. The predicted molar refractivity (Wildman–Crippen MR) is 66.4 cm³/mol. The number of halogens is 5. The van der Waals surface area contributed by atoms with Crippen LogP contribution < -0.4 is 10.6 Å². The topological polar surface area (TPSA) is 37.0 Å². The van der Waals surface area contributed by atoms with Crippen molar-refractivity contribution in [3.63, 3.8) is 0 Å². The molecule has 2 rings (SSSR count).